The number of thiazole rings is 1. The van der Waals surface area contributed by atoms with Crippen LogP contribution in [-0.4, -0.2) is 39.4 Å². The van der Waals surface area contributed by atoms with Crippen LogP contribution >= 0.6 is 11.3 Å². The summed E-state index contributed by atoms with van der Waals surface area (Å²) in [5, 5.41) is 13.2. The Morgan fingerprint density at radius 2 is 1.87 bits per heavy atom. The van der Waals surface area contributed by atoms with Gasteiger partial charge in [-0.25, -0.2) is 4.98 Å². The topological polar surface area (TPSA) is 85.6 Å². The minimum absolute atomic E-state index is 0.0227. The van der Waals surface area contributed by atoms with Crippen LogP contribution in [0, 0.1) is 10.1 Å². The molecule has 0 saturated carbocycles. The van der Waals surface area contributed by atoms with Crippen LogP contribution in [0.5, 0.6) is 0 Å². The Bertz CT molecular complexity index is 1050. The third-order valence-electron chi connectivity index (χ3n) is 5.28. The molecule has 0 spiro atoms. The molecule has 3 unspecified atom stereocenters. The Morgan fingerprint density at radius 3 is 2.53 bits per heavy atom. The summed E-state index contributed by atoms with van der Waals surface area (Å²) in [6.45, 7) is 4.42. The van der Waals surface area contributed by atoms with Gasteiger partial charge in [0.1, 0.15) is 16.8 Å². The number of carbonyl (C=O) groups excluding carboxylic acids is 1. The van der Waals surface area contributed by atoms with Crippen molar-refractivity contribution in [3.63, 3.8) is 0 Å². The number of nitro groups is 1. The average molecular weight is 423 g/mol. The van der Waals surface area contributed by atoms with Gasteiger partial charge in [0, 0.05) is 23.1 Å². The SMILES string of the molecule is CC1COC(c2ccccc2)C(C)N1C(=O)c1csc(-c2ccc([N+](=O)[O-])cc2)n1. The van der Waals surface area contributed by atoms with E-state index in [-0.39, 0.29) is 29.8 Å². The maximum absolute atomic E-state index is 13.3. The Morgan fingerprint density at radius 1 is 1.17 bits per heavy atom. The zero-order valence-corrected chi connectivity index (χ0v) is 17.4. The zero-order chi connectivity index (χ0) is 21.3. The molecule has 0 bridgehead atoms. The van der Waals surface area contributed by atoms with E-state index in [0.29, 0.717) is 17.3 Å². The van der Waals surface area contributed by atoms with E-state index < -0.39 is 4.92 Å². The van der Waals surface area contributed by atoms with Crippen molar-refractivity contribution in [3.05, 3.63) is 81.3 Å². The molecule has 3 atom stereocenters. The van der Waals surface area contributed by atoms with Gasteiger partial charge in [-0.1, -0.05) is 30.3 Å². The highest BCUT2D eigenvalue weighted by atomic mass is 32.1. The summed E-state index contributed by atoms with van der Waals surface area (Å²) in [7, 11) is 0. The first-order valence-electron chi connectivity index (χ1n) is 9.65. The second-order valence-corrected chi connectivity index (χ2v) is 8.17. The number of benzene rings is 2. The van der Waals surface area contributed by atoms with Gasteiger partial charge in [0.15, 0.2) is 0 Å². The van der Waals surface area contributed by atoms with Gasteiger partial charge < -0.3 is 9.64 Å². The molecule has 1 aromatic heterocycles. The molecule has 8 heteroatoms. The van der Waals surface area contributed by atoms with Crippen LogP contribution in [-0.2, 0) is 4.74 Å². The predicted octanol–water partition coefficient (Wildman–Crippen LogP) is 4.71. The normalized spacial score (nSPS) is 21.4. The lowest BCUT2D eigenvalue weighted by atomic mass is 9.98. The van der Waals surface area contributed by atoms with Crippen LogP contribution in [0.2, 0.25) is 0 Å². The molecule has 2 aromatic carbocycles. The van der Waals surface area contributed by atoms with E-state index in [4.69, 9.17) is 4.74 Å². The van der Waals surface area contributed by atoms with Crippen molar-refractivity contribution in [3.8, 4) is 10.6 Å². The van der Waals surface area contributed by atoms with Crippen LogP contribution in [0.1, 0.15) is 36.0 Å². The molecule has 0 aliphatic carbocycles. The lowest BCUT2D eigenvalue weighted by Gasteiger charge is -2.43. The summed E-state index contributed by atoms with van der Waals surface area (Å²) >= 11 is 1.35. The predicted molar refractivity (Wildman–Crippen MR) is 114 cm³/mol. The first-order valence-corrected chi connectivity index (χ1v) is 10.5. The van der Waals surface area contributed by atoms with Gasteiger partial charge in [-0.2, -0.15) is 0 Å². The summed E-state index contributed by atoms with van der Waals surface area (Å²) in [6.07, 6.45) is -0.195. The minimum Gasteiger partial charge on any atom is -0.369 e. The summed E-state index contributed by atoms with van der Waals surface area (Å²) in [5.41, 5.74) is 2.18. The summed E-state index contributed by atoms with van der Waals surface area (Å²) in [5.74, 6) is -0.136. The second kappa shape index (κ2) is 8.33. The zero-order valence-electron chi connectivity index (χ0n) is 16.6. The lowest BCUT2D eigenvalue weighted by Crippen LogP contribution is -2.53. The molecule has 2 heterocycles. The number of nitro benzene ring substituents is 1. The number of carbonyl (C=O) groups is 1. The third kappa shape index (κ3) is 3.83. The monoisotopic (exact) mass is 423 g/mol. The van der Waals surface area contributed by atoms with Crippen LogP contribution in [0.25, 0.3) is 10.6 Å². The van der Waals surface area contributed by atoms with E-state index in [1.165, 1.54) is 23.5 Å². The molecule has 1 aliphatic heterocycles. The van der Waals surface area contributed by atoms with Crippen molar-refractivity contribution in [1.82, 2.24) is 9.88 Å². The Balaban J connectivity index is 1.57. The molecule has 1 amide bonds. The molecule has 3 aromatic rings. The van der Waals surface area contributed by atoms with E-state index in [1.807, 2.05) is 49.1 Å². The van der Waals surface area contributed by atoms with Crippen LogP contribution in [0.15, 0.2) is 60.0 Å². The Kier molecular flexibility index (Phi) is 5.61. The highest BCUT2D eigenvalue weighted by Gasteiger charge is 2.38. The smallest absolute Gasteiger partial charge is 0.274 e. The van der Waals surface area contributed by atoms with E-state index >= 15 is 0 Å². The van der Waals surface area contributed by atoms with Crippen molar-refractivity contribution in [2.24, 2.45) is 0 Å². The van der Waals surface area contributed by atoms with E-state index in [0.717, 1.165) is 11.1 Å². The molecule has 4 rings (SSSR count). The molecule has 30 heavy (non-hydrogen) atoms. The molecule has 7 nitrogen and oxygen atoms in total. The van der Waals surface area contributed by atoms with E-state index in [2.05, 4.69) is 4.98 Å². The molecular formula is C22H21N3O4S. The van der Waals surface area contributed by atoms with Crippen molar-refractivity contribution in [1.29, 1.82) is 0 Å². The van der Waals surface area contributed by atoms with E-state index in [9.17, 15) is 14.9 Å². The van der Waals surface area contributed by atoms with Crippen LogP contribution in [0.4, 0.5) is 5.69 Å². The fourth-order valence-corrected chi connectivity index (χ4v) is 4.57. The van der Waals surface area contributed by atoms with Crippen molar-refractivity contribution in [2.75, 3.05) is 6.61 Å². The fraction of sp³-hybridized carbons (Fsp3) is 0.273. The molecule has 1 fully saturated rings. The van der Waals surface area contributed by atoms with Crippen molar-refractivity contribution < 1.29 is 14.5 Å². The van der Waals surface area contributed by atoms with Crippen molar-refractivity contribution >= 4 is 22.9 Å². The summed E-state index contributed by atoms with van der Waals surface area (Å²) in [6, 6.07) is 15.9. The van der Waals surface area contributed by atoms with Gasteiger partial charge in [-0.15, -0.1) is 11.3 Å². The molecule has 1 saturated heterocycles. The Labute approximate surface area is 178 Å². The molecule has 0 radical (unpaired) electrons. The number of aromatic nitrogens is 1. The van der Waals surface area contributed by atoms with Crippen LogP contribution < -0.4 is 0 Å². The number of nitrogens with zero attached hydrogens (tertiary/aromatic N) is 3. The van der Waals surface area contributed by atoms with E-state index in [1.54, 1.807) is 17.5 Å². The molecule has 154 valence electrons. The third-order valence-corrected chi connectivity index (χ3v) is 6.17. The number of amides is 1. The highest BCUT2D eigenvalue weighted by molar-refractivity contribution is 7.13. The van der Waals surface area contributed by atoms with Gasteiger partial charge >= 0.3 is 0 Å². The fourth-order valence-electron chi connectivity index (χ4n) is 3.77. The van der Waals surface area contributed by atoms with Gasteiger partial charge in [0.05, 0.1) is 23.6 Å². The maximum Gasteiger partial charge on any atom is 0.274 e. The number of morpholine rings is 1. The van der Waals surface area contributed by atoms with Gasteiger partial charge in [-0.3, -0.25) is 14.9 Å². The standard InChI is InChI=1S/C22H21N3O4S/c1-14-12-29-20(16-6-4-3-5-7-16)15(2)24(14)22(26)19-13-30-21(23-19)17-8-10-18(11-9-17)25(27)28/h3-11,13-15,20H,12H2,1-2H3. The Hall–Kier alpha value is -3.10. The van der Waals surface area contributed by atoms with Crippen molar-refractivity contribution in [2.45, 2.75) is 32.0 Å². The number of ether oxygens (including phenoxy) is 1. The maximum atomic E-state index is 13.3. The first-order chi connectivity index (χ1) is 14.5. The largest absolute Gasteiger partial charge is 0.369 e. The molecule has 1 aliphatic rings. The average Bonchev–Trinajstić information content (AvgIpc) is 3.25. The number of rotatable bonds is 4. The lowest BCUT2D eigenvalue weighted by molar-refractivity contribution is -0.384. The van der Waals surface area contributed by atoms with Gasteiger partial charge in [0.25, 0.3) is 11.6 Å². The summed E-state index contributed by atoms with van der Waals surface area (Å²) < 4.78 is 6.04. The minimum atomic E-state index is -0.440. The molecular weight excluding hydrogens is 402 g/mol. The van der Waals surface area contributed by atoms with Gasteiger partial charge in [0.2, 0.25) is 0 Å². The number of non-ortho nitro benzene ring substituents is 1. The second-order valence-electron chi connectivity index (χ2n) is 7.31. The first kappa shape index (κ1) is 20.2. The highest BCUT2D eigenvalue weighted by Crippen LogP contribution is 2.33. The quantitative estimate of drug-likeness (QED) is 0.448. The van der Waals surface area contributed by atoms with Gasteiger partial charge in [-0.05, 0) is 31.5 Å². The molecule has 0 N–H and O–H groups in total. The summed E-state index contributed by atoms with van der Waals surface area (Å²) in [4.78, 5) is 30.1. The number of hydrogen-bond acceptors (Lipinski definition) is 6. The van der Waals surface area contributed by atoms with Crippen LogP contribution in [0.3, 0.4) is 0 Å². The number of hydrogen-bond donors (Lipinski definition) is 0.